The summed E-state index contributed by atoms with van der Waals surface area (Å²) in [5.41, 5.74) is 0.988. The SMILES string of the molecule is O=C(OCc1nccs1)c1cc2sc(Nc3ccccc3)nc2s1. The molecular weight excluding hydrogens is 362 g/mol. The molecule has 1 aromatic carbocycles. The van der Waals surface area contributed by atoms with Gasteiger partial charge in [0, 0.05) is 17.3 Å². The number of nitrogens with zero attached hydrogens (tertiary/aromatic N) is 2. The van der Waals surface area contributed by atoms with Gasteiger partial charge in [-0.2, -0.15) is 0 Å². The number of thiazole rings is 2. The third-order valence-corrected chi connectivity index (χ3v) is 5.93. The number of anilines is 2. The van der Waals surface area contributed by atoms with Crippen LogP contribution in [0.1, 0.15) is 14.7 Å². The highest BCUT2D eigenvalue weighted by atomic mass is 32.1. The minimum Gasteiger partial charge on any atom is -0.454 e. The molecule has 24 heavy (non-hydrogen) atoms. The Kier molecular flexibility index (Phi) is 4.24. The maximum absolute atomic E-state index is 12.1. The molecule has 0 bridgehead atoms. The van der Waals surface area contributed by atoms with Crippen LogP contribution < -0.4 is 5.32 Å². The molecule has 0 unspecified atom stereocenters. The molecule has 0 aliphatic heterocycles. The van der Waals surface area contributed by atoms with Gasteiger partial charge in [-0.1, -0.05) is 29.5 Å². The fraction of sp³-hybridized carbons (Fsp3) is 0.0625. The quantitative estimate of drug-likeness (QED) is 0.503. The third-order valence-electron chi connectivity index (χ3n) is 3.13. The van der Waals surface area contributed by atoms with Crippen molar-refractivity contribution in [2.45, 2.75) is 6.61 Å². The summed E-state index contributed by atoms with van der Waals surface area (Å²) in [6, 6.07) is 11.7. The normalized spacial score (nSPS) is 10.8. The van der Waals surface area contributed by atoms with Gasteiger partial charge < -0.3 is 10.1 Å². The van der Waals surface area contributed by atoms with E-state index in [1.807, 2.05) is 41.8 Å². The second kappa shape index (κ2) is 6.68. The summed E-state index contributed by atoms with van der Waals surface area (Å²) >= 11 is 4.32. The fourth-order valence-electron chi connectivity index (χ4n) is 2.06. The molecule has 0 atom stereocenters. The topological polar surface area (TPSA) is 64.1 Å². The predicted octanol–water partition coefficient (Wildman–Crippen LogP) is 4.91. The number of hydrogen-bond donors (Lipinski definition) is 1. The molecule has 120 valence electrons. The van der Waals surface area contributed by atoms with Crippen molar-refractivity contribution in [1.29, 1.82) is 0 Å². The van der Waals surface area contributed by atoms with Crippen LogP contribution in [0.15, 0.2) is 48.0 Å². The van der Waals surface area contributed by atoms with Crippen LogP contribution in [0.25, 0.3) is 9.53 Å². The van der Waals surface area contributed by atoms with Crippen LogP contribution in [0.5, 0.6) is 0 Å². The summed E-state index contributed by atoms with van der Waals surface area (Å²) in [6.45, 7) is 0.205. The van der Waals surface area contributed by atoms with E-state index in [0.717, 1.165) is 25.4 Å². The number of para-hydroxylation sites is 1. The average molecular weight is 373 g/mol. The monoisotopic (exact) mass is 373 g/mol. The highest BCUT2D eigenvalue weighted by Crippen LogP contribution is 2.34. The van der Waals surface area contributed by atoms with Crippen LogP contribution in [0.3, 0.4) is 0 Å². The van der Waals surface area contributed by atoms with Crippen molar-refractivity contribution in [1.82, 2.24) is 9.97 Å². The Morgan fingerprint density at radius 3 is 2.83 bits per heavy atom. The first-order chi connectivity index (χ1) is 11.8. The second-order valence-corrected chi connectivity index (χ2v) is 7.83. The van der Waals surface area contributed by atoms with E-state index in [-0.39, 0.29) is 12.6 Å². The molecule has 1 N–H and O–H groups in total. The summed E-state index contributed by atoms with van der Waals surface area (Å²) in [6.07, 6.45) is 1.69. The molecular formula is C16H11N3O2S3. The van der Waals surface area contributed by atoms with Crippen molar-refractivity contribution in [2.75, 3.05) is 5.32 Å². The molecule has 0 saturated heterocycles. The number of benzene rings is 1. The lowest BCUT2D eigenvalue weighted by Gasteiger charge is -2.00. The van der Waals surface area contributed by atoms with Crippen LogP contribution in [-0.4, -0.2) is 15.9 Å². The molecule has 5 nitrogen and oxygen atoms in total. The number of rotatable bonds is 5. The van der Waals surface area contributed by atoms with Gasteiger partial charge in [-0.3, -0.25) is 0 Å². The van der Waals surface area contributed by atoms with Gasteiger partial charge in [0.05, 0.1) is 4.70 Å². The van der Waals surface area contributed by atoms with Gasteiger partial charge in [0.1, 0.15) is 21.3 Å². The molecule has 4 rings (SSSR count). The lowest BCUT2D eigenvalue weighted by Crippen LogP contribution is -2.02. The van der Waals surface area contributed by atoms with E-state index in [9.17, 15) is 4.79 Å². The van der Waals surface area contributed by atoms with Crippen molar-refractivity contribution in [3.8, 4) is 0 Å². The number of hydrogen-bond acceptors (Lipinski definition) is 8. The molecule has 0 aliphatic carbocycles. The minimum absolute atomic E-state index is 0.205. The zero-order chi connectivity index (χ0) is 16.4. The lowest BCUT2D eigenvalue weighted by molar-refractivity contribution is 0.0478. The van der Waals surface area contributed by atoms with Crippen LogP contribution >= 0.6 is 34.0 Å². The van der Waals surface area contributed by atoms with E-state index in [2.05, 4.69) is 15.3 Å². The molecule has 0 fully saturated rings. The predicted molar refractivity (Wildman–Crippen MR) is 98.5 cm³/mol. The molecule has 3 aromatic heterocycles. The van der Waals surface area contributed by atoms with E-state index in [4.69, 9.17) is 4.74 Å². The van der Waals surface area contributed by atoms with E-state index < -0.39 is 0 Å². The number of ether oxygens (including phenoxy) is 1. The average Bonchev–Trinajstić information content (AvgIpc) is 3.29. The fourth-order valence-corrected chi connectivity index (χ4v) is 4.61. The Hall–Kier alpha value is -2.29. The van der Waals surface area contributed by atoms with Crippen LogP contribution in [0, 0.1) is 0 Å². The summed E-state index contributed by atoms with van der Waals surface area (Å²) in [5, 5.41) is 6.72. The Balaban J connectivity index is 1.46. The van der Waals surface area contributed by atoms with Gasteiger partial charge in [-0.15, -0.1) is 22.7 Å². The van der Waals surface area contributed by atoms with Crippen molar-refractivity contribution >= 4 is 60.3 Å². The first-order valence-corrected chi connectivity index (χ1v) is 9.57. The minimum atomic E-state index is -0.335. The van der Waals surface area contributed by atoms with Crippen LogP contribution in [0.2, 0.25) is 0 Å². The highest BCUT2D eigenvalue weighted by molar-refractivity contribution is 7.29. The summed E-state index contributed by atoms with van der Waals surface area (Å²) in [4.78, 5) is 22.1. The van der Waals surface area contributed by atoms with Gasteiger partial charge in [0.15, 0.2) is 5.13 Å². The standard InChI is InChI=1S/C16H11N3O2S3/c20-15(21-9-13-17-6-7-22-13)12-8-11-14(23-12)19-16(24-11)18-10-4-2-1-3-5-10/h1-8H,9H2,(H,18,19). The Morgan fingerprint density at radius 2 is 2.08 bits per heavy atom. The Morgan fingerprint density at radius 1 is 1.21 bits per heavy atom. The maximum atomic E-state index is 12.1. The number of aromatic nitrogens is 2. The van der Waals surface area contributed by atoms with Gasteiger partial charge in [0.2, 0.25) is 0 Å². The molecule has 0 amide bonds. The first kappa shape index (κ1) is 15.3. The molecule has 0 spiro atoms. The zero-order valence-electron chi connectivity index (χ0n) is 12.3. The molecule has 0 radical (unpaired) electrons. The Bertz CT molecular complexity index is 930. The maximum Gasteiger partial charge on any atom is 0.348 e. The van der Waals surface area contributed by atoms with Crippen molar-refractivity contribution in [3.63, 3.8) is 0 Å². The number of carbonyl (C=O) groups is 1. The molecule has 8 heteroatoms. The number of fused-ring (bicyclic) bond motifs is 1. The second-order valence-electron chi connectivity index (χ2n) is 4.79. The number of thiophene rings is 1. The Labute approximate surface area is 149 Å². The number of carbonyl (C=O) groups excluding carboxylic acids is 1. The van der Waals surface area contributed by atoms with E-state index >= 15 is 0 Å². The number of nitrogens with one attached hydrogen (secondary N) is 1. The van der Waals surface area contributed by atoms with Crippen molar-refractivity contribution in [3.05, 3.63) is 57.9 Å². The van der Waals surface area contributed by atoms with Crippen LogP contribution in [0.4, 0.5) is 10.8 Å². The summed E-state index contributed by atoms with van der Waals surface area (Å²) < 4.78 is 6.25. The van der Waals surface area contributed by atoms with E-state index in [1.54, 1.807) is 6.20 Å². The van der Waals surface area contributed by atoms with Crippen molar-refractivity contribution < 1.29 is 9.53 Å². The zero-order valence-corrected chi connectivity index (χ0v) is 14.7. The molecule has 3 heterocycles. The highest BCUT2D eigenvalue weighted by Gasteiger charge is 2.15. The van der Waals surface area contributed by atoms with Gasteiger partial charge in [0.25, 0.3) is 0 Å². The van der Waals surface area contributed by atoms with Gasteiger partial charge in [-0.05, 0) is 18.2 Å². The van der Waals surface area contributed by atoms with E-state index in [0.29, 0.717) is 4.88 Å². The first-order valence-electron chi connectivity index (χ1n) is 7.06. The molecule has 0 saturated carbocycles. The van der Waals surface area contributed by atoms with Crippen molar-refractivity contribution in [2.24, 2.45) is 0 Å². The number of esters is 1. The van der Waals surface area contributed by atoms with Gasteiger partial charge in [-0.25, -0.2) is 14.8 Å². The summed E-state index contributed by atoms with van der Waals surface area (Å²) in [7, 11) is 0. The van der Waals surface area contributed by atoms with Gasteiger partial charge >= 0.3 is 5.97 Å². The summed E-state index contributed by atoms with van der Waals surface area (Å²) in [5.74, 6) is -0.335. The molecule has 4 aromatic rings. The lowest BCUT2D eigenvalue weighted by atomic mass is 10.3. The van der Waals surface area contributed by atoms with Crippen LogP contribution in [-0.2, 0) is 11.3 Å². The smallest absolute Gasteiger partial charge is 0.348 e. The molecule has 0 aliphatic rings. The third kappa shape index (κ3) is 3.30. The largest absolute Gasteiger partial charge is 0.454 e. The van der Waals surface area contributed by atoms with E-state index in [1.165, 1.54) is 34.0 Å².